The fourth-order valence-corrected chi connectivity index (χ4v) is 3.30. The van der Waals surface area contributed by atoms with Gasteiger partial charge in [0, 0.05) is 18.5 Å². The number of ether oxygens (including phenoxy) is 2. The molecule has 0 aromatic rings. The van der Waals surface area contributed by atoms with Gasteiger partial charge in [-0.25, -0.2) is 4.79 Å². The van der Waals surface area contributed by atoms with Crippen molar-refractivity contribution in [2.24, 2.45) is 0 Å². The molecule has 0 atom stereocenters. The van der Waals surface area contributed by atoms with E-state index in [0.717, 1.165) is 32.1 Å². The lowest BCUT2D eigenvalue weighted by Gasteiger charge is -2.20. The van der Waals surface area contributed by atoms with E-state index in [1.807, 2.05) is 0 Å². The first-order chi connectivity index (χ1) is 12.1. The van der Waals surface area contributed by atoms with Gasteiger partial charge in [-0.2, -0.15) is 0 Å². The standard InChI is InChI=1S/C19H29NO5/c1-15(19(23)24-13-12-20-11-7-10-17(20)21)14-18(22)25-16-8-5-3-2-4-6-9-16/h16H,1-14H2. The molecule has 0 N–H and O–H groups in total. The summed E-state index contributed by atoms with van der Waals surface area (Å²) in [6, 6.07) is 0. The van der Waals surface area contributed by atoms with Crippen LogP contribution in [0.5, 0.6) is 0 Å². The zero-order chi connectivity index (χ0) is 18.1. The topological polar surface area (TPSA) is 72.9 Å². The van der Waals surface area contributed by atoms with E-state index < -0.39 is 11.9 Å². The van der Waals surface area contributed by atoms with Gasteiger partial charge in [0.25, 0.3) is 0 Å². The predicted molar refractivity (Wildman–Crippen MR) is 92.7 cm³/mol. The average Bonchev–Trinajstić information content (AvgIpc) is 2.95. The maximum Gasteiger partial charge on any atom is 0.334 e. The van der Waals surface area contributed by atoms with E-state index in [1.54, 1.807) is 4.90 Å². The smallest absolute Gasteiger partial charge is 0.334 e. The highest BCUT2D eigenvalue weighted by molar-refractivity contribution is 5.93. The van der Waals surface area contributed by atoms with E-state index in [-0.39, 0.29) is 30.6 Å². The van der Waals surface area contributed by atoms with E-state index in [9.17, 15) is 14.4 Å². The molecule has 1 aliphatic heterocycles. The summed E-state index contributed by atoms with van der Waals surface area (Å²) in [6.07, 6.45) is 8.81. The molecule has 2 rings (SSSR count). The first-order valence-electron chi connectivity index (χ1n) is 9.38. The first kappa shape index (κ1) is 19.5. The number of esters is 2. The van der Waals surface area contributed by atoms with Crippen LogP contribution in [0.2, 0.25) is 0 Å². The Morgan fingerprint density at radius 3 is 2.40 bits per heavy atom. The highest BCUT2D eigenvalue weighted by atomic mass is 16.5. The van der Waals surface area contributed by atoms with Crippen molar-refractivity contribution in [3.63, 3.8) is 0 Å². The maximum atomic E-state index is 12.0. The van der Waals surface area contributed by atoms with Gasteiger partial charge in [-0.05, 0) is 32.1 Å². The number of likely N-dealkylation sites (tertiary alicyclic amines) is 1. The minimum absolute atomic E-state index is 0.0437. The molecule has 0 spiro atoms. The van der Waals surface area contributed by atoms with E-state index in [2.05, 4.69) is 6.58 Å². The maximum absolute atomic E-state index is 12.0. The van der Waals surface area contributed by atoms with Gasteiger partial charge in [0.15, 0.2) is 0 Å². The number of carbonyl (C=O) groups excluding carboxylic acids is 3. The lowest BCUT2D eigenvalue weighted by atomic mass is 9.98. The van der Waals surface area contributed by atoms with Crippen molar-refractivity contribution in [3.8, 4) is 0 Å². The summed E-state index contributed by atoms with van der Waals surface area (Å²) in [7, 11) is 0. The molecule has 1 saturated carbocycles. The molecule has 0 aromatic carbocycles. The monoisotopic (exact) mass is 351 g/mol. The largest absolute Gasteiger partial charge is 0.462 e. The van der Waals surface area contributed by atoms with Crippen molar-refractivity contribution in [2.75, 3.05) is 19.7 Å². The zero-order valence-corrected chi connectivity index (χ0v) is 15.0. The van der Waals surface area contributed by atoms with Gasteiger partial charge in [-0.3, -0.25) is 9.59 Å². The minimum atomic E-state index is -0.596. The Bertz CT molecular complexity index is 494. The summed E-state index contributed by atoms with van der Waals surface area (Å²) in [5, 5.41) is 0. The fourth-order valence-electron chi connectivity index (χ4n) is 3.30. The van der Waals surface area contributed by atoms with E-state index >= 15 is 0 Å². The van der Waals surface area contributed by atoms with Crippen LogP contribution in [0.4, 0.5) is 0 Å². The molecule has 1 amide bonds. The third kappa shape index (κ3) is 6.88. The lowest BCUT2D eigenvalue weighted by Crippen LogP contribution is -2.29. The van der Waals surface area contributed by atoms with E-state index in [0.29, 0.717) is 19.5 Å². The first-order valence-corrected chi connectivity index (χ1v) is 9.38. The average molecular weight is 351 g/mol. The molecule has 0 aromatic heterocycles. The van der Waals surface area contributed by atoms with Crippen LogP contribution in [-0.2, 0) is 23.9 Å². The number of rotatable bonds is 7. The van der Waals surface area contributed by atoms with Crippen molar-refractivity contribution < 1.29 is 23.9 Å². The molecule has 1 heterocycles. The molecular weight excluding hydrogens is 322 g/mol. The van der Waals surface area contributed by atoms with Gasteiger partial charge < -0.3 is 14.4 Å². The van der Waals surface area contributed by atoms with Crippen molar-refractivity contribution >= 4 is 17.8 Å². The fraction of sp³-hybridized carbons (Fsp3) is 0.737. The molecule has 2 fully saturated rings. The van der Waals surface area contributed by atoms with Crippen molar-refractivity contribution in [2.45, 2.75) is 70.3 Å². The quantitative estimate of drug-likeness (QED) is 0.521. The Morgan fingerprint density at radius 1 is 1.08 bits per heavy atom. The summed E-state index contributed by atoms with van der Waals surface area (Å²) in [5.41, 5.74) is 0.101. The summed E-state index contributed by atoms with van der Waals surface area (Å²) in [4.78, 5) is 37.1. The van der Waals surface area contributed by atoms with E-state index in [4.69, 9.17) is 9.47 Å². The highest BCUT2D eigenvalue weighted by Gasteiger charge is 2.21. The van der Waals surface area contributed by atoms with Crippen LogP contribution >= 0.6 is 0 Å². The Morgan fingerprint density at radius 2 is 1.76 bits per heavy atom. The van der Waals surface area contributed by atoms with Crippen LogP contribution in [0.25, 0.3) is 0 Å². The summed E-state index contributed by atoms with van der Waals surface area (Å²) in [6.45, 7) is 4.86. The molecule has 0 unspecified atom stereocenters. The van der Waals surface area contributed by atoms with Gasteiger partial charge in [0.1, 0.15) is 12.7 Å². The molecule has 6 nitrogen and oxygen atoms in total. The molecule has 140 valence electrons. The second-order valence-corrected chi connectivity index (χ2v) is 6.86. The number of hydrogen-bond donors (Lipinski definition) is 0. The zero-order valence-electron chi connectivity index (χ0n) is 15.0. The Hall–Kier alpha value is -1.85. The van der Waals surface area contributed by atoms with Gasteiger partial charge in [0.2, 0.25) is 5.91 Å². The van der Waals surface area contributed by atoms with Crippen LogP contribution in [0.15, 0.2) is 12.2 Å². The highest BCUT2D eigenvalue weighted by Crippen LogP contribution is 2.20. The Labute approximate surface area is 149 Å². The predicted octanol–water partition coefficient (Wildman–Crippen LogP) is 2.75. The van der Waals surface area contributed by atoms with E-state index in [1.165, 1.54) is 19.3 Å². The molecule has 0 radical (unpaired) electrons. The number of nitrogens with zero attached hydrogens (tertiary/aromatic N) is 1. The second-order valence-electron chi connectivity index (χ2n) is 6.86. The van der Waals surface area contributed by atoms with Gasteiger partial charge in [-0.1, -0.05) is 25.8 Å². The molecular formula is C19H29NO5. The van der Waals surface area contributed by atoms with Crippen LogP contribution in [0.3, 0.4) is 0 Å². The third-order valence-corrected chi connectivity index (χ3v) is 4.76. The van der Waals surface area contributed by atoms with Crippen LogP contribution < -0.4 is 0 Å². The summed E-state index contributed by atoms with van der Waals surface area (Å²) >= 11 is 0. The lowest BCUT2D eigenvalue weighted by molar-refractivity contribution is -0.151. The normalized spacial score (nSPS) is 19.2. The molecule has 2 aliphatic rings. The van der Waals surface area contributed by atoms with Crippen LogP contribution in [0, 0.1) is 0 Å². The van der Waals surface area contributed by atoms with Gasteiger partial charge in [0.05, 0.1) is 13.0 Å². The van der Waals surface area contributed by atoms with Crippen LogP contribution in [0.1, 0.15) is 64.2 Å². The Kier molecular flexibility index (Phi) is 7.95. The summed E-state index contributed by atoms with van der Waals surface area (Å²) in [5.74, 6) is -0.916. The molecule has 6 heteroatoms. The molecule has 25 heavy (non-hydrogen) atoms. The Balaban J connectivity index is 1.64. The molecule has 1 aliphatic carbocycles. The number of amides is 1. The summed E-state index contributed by atoms with van der Waals surface area (Å²) < 4.78 is 10.6. The number of hydrogen-bond acceptors (Lipinski definition) is 5. The van der Waals surface area contributed by atoms with Crippen molar-refractivity contribution in [1.29, 1.82) is 0 Å². The van der Waals surface area contributed by atoms with Gasteiger partial charge in [-0.15, -0.1) is 0 Å². The molecule has 1 saturated heterocycles. The SMILES string of the molecule is C=C(CC(=O)OC1CCCCCCC1)C(=O)OCCN1CCCC1=O. The molecule has 0 bridgehead atoms. The van der Waals surface area contributed by atoms with Crippen LogP contribution in [-0.4, -0.2) is 48.5 Å². The van der Waals surface area contributed by atoms with Gasteiger partial charge >= 0.3 is 11.9 Å². The number of carbonyl (C=O) groups is 3. The van der Waals surface area contributed by atoms with Crippen molar-refractivity contribution in [3.05, 3.63) is 12.2 Å². The third-order valence-electron chi connectivity index (χ3n) is 4.76. The van der Waals surface area contributed by atoms with Crippen molar-refractivity contribution in [1.82, 2.24) is 4.90 Å². The second kappa shape index (κ2) is 10.2. The minimum Gasteiger partial charge on any atom is -0.462 e.